The predicted molar refractivity (Wildman–Crippen MR) is 51.0 cm³/mol. The van der Waals surface area contributed by atoms with Gasteiger partial charge in [0.25, 0.3) is 0 Å². The maximum absolute atomic E-state index is 10.8. The van der Waals surface area contributed by atoms with Gasteiger partial charge in [-0.2, -0.15) is 9.36 Å². The summed E-state index contributed by atoms with van der Waals surface area (Å²) in [6, 6.07) is 0. The van der Waals surface area contributed by atoms with E-state index in [1.165, 1.54) is 23.3 Å². The topological polar surface area (TPSA) is 54.9 Å². The van der Waals surface area contributed by atoms with Crippen LogP contribution in [0.25, 0.3) is 0 Å². The van der Waals surface area contributed by atoms with E-state index in [-0.39, 0.29) is 11.8 Å². The first-order chi connectivity index (χ1) is 5.76. The molecule has 1 rings (SSSR count). The molecule has 0 aliphatic carbocycles. The molecule has 0 saturated heterocycles. The van der Waals surface area contributed by atoms with Crippen LogP contribution in [0.5, 0.6) is 0 Å². The Morgan fingerprint density at radius 3 is 3.08 bits per heavy atom. The van der Waals surface area contributed by atoms with Crippen molar-refractivity contribution in [3.05, 3.63) is 0 Å². The van der Waals surface area contributed by atoms with Gasteiger partial charge in [0.2, 0.25) is 11.9 Å². The third kappa shape index (κ3) is 2.62. The molecule has 4 nitrogen and oxygen atoms in total. The van der Waals surface area contributed by atoms with Crippen LogP contribution in [-0.4, -0.2) is 27.4 Å². The molecule has 0 saturated carbocycles. The van der Waals surface area contributed by atoms with Gasteiger partial charge in [0, 0.05) is 0 Å². The summed E-state index contributed by atoms with van der Waals surface area (Å²) < 4.78 is 4.71. The molecule has 1 N–H and O–H groups in total. The average molecular weight is 224 g/mol. The standard InChI is InChI=1S/C5H6ClN3OS2/c1-11-5-8-4(9-12-5)7-3(10)2-6/h2H2,1H3,(H,7,9,10). The Kier molecular flexibility index (Phi) is 3.77. The van der Waals surface area contributed by atoms with Crippen molar-refractivity contribution < 1.29 is 4.79 Å². The van der Waals surface area contributed by atoms with Crippen LogP contribution in [0.2, 0.25) is 0 Å². The zero-order valence-electron chi connectivity index (χ0n) is 6.20. The van der Waals surface area contributed by atoms with Gasteiger partial charge in [0.1, 0.15) is 5.88 Å². The summed E-state index contributed by atoms with van der Waals surface area (Å²) >= 11 is 8.00. The Morgan fingerprint density at radius 2 is 2.58 bits per heavy atom. The van der Waals surface area contributed by atoms with Gasteiger partial charge in [-0.25, -0.2) is 0 Å². The second kappa shape index (κ2) is 4.64. The lowest BCUT2D eigenvalue weighted by atomic mass is 10.7. The van der Waals surface area contributed by atoms with Crippen LogP contribution in [0, 0.1) is 0 Å². The first kappa shape index (κ1) is 9.76. The summed E-state index contributed by atoms with van der Waals surface area (Å²) in [5, 5.41) is 2.45. The fourth-order valence-electron chi connectivity index (χ4n) is 0.501. The van der Waals surface area contributed by atoms with Gasteiger partial charge in [0.05, 0.1) is 0 Å². The number of nitrogens with one attached hydrogen (secondary N) is 1. The number of alkyl halides is 1. The number of hydrogen-bond donors (Lipinski definition) is 1. The van der Waals surface area contributed by atoms with E-state index in [0.717, 1.165) is 4.34 Å². The van der Waals surface area contributed by atoms with Gasteiger partial charge in [0.15, 0.2) is 4.34 Å². The first-order valence-electron chi connectivity index (χ1n) is 2.99. The van der Waals surface area contributed by atoms with Gasteiger partial charge in [-0.1, -0.05) is 11.8 Å². The number of thioether (sulfide) groups is 1. The number of carbonyl (C=O) groups is 1. The molecule has 0 atom stereocenters. The summed E-state index contributed by atoms with van der Waals surface area (Å²) in [5.74, 6) is -0.0366. The van der Waals surface area contributed by atoms with Crippen LogP contribution in [0.1, 0.15) is 0 Å². The van der Waals surface area contributed by atoms with Crippen molar-refractivity contribution in [2.24, 2.45) is 0 Å². The highest BCUT2D eigenvalue weighted by molar-refractivity contribution is 8.00. The van der Waals surface area contributed by atoms with E-state index in [1.807, 2.05) is 6.26 Å². The second-order valence-corrected chi connectivity index (χ2v) is 3.84. The molecular weight excluding hydrogens is 218 g/mol. The molecule has 1 aromatic rings. The molecule has 1 amide bonds. The van der Waals surface area contributed by atoms with Crippen molar-refractivity contribution in [2.45, 2.75) is 4.34 Å². The number of carbonyl (C=O) groups excluding carboxylic acids is 1. The predicted octanol–water partition coefficient (Wildman–Crippen LogP) is 1.44. The van der Waals surface area contributed by atoms with Crippen molar-refractivity contribution >= 4 is 46.8 Å². The Morgan fingerprint density at radius 1 is 1.83 bits per heavy atom. The second-order valence-electron chi connectivity index (χ2n) is 1.77. The van der Waals surface area contributed by atoms with Crippen LogP contribution in [0.15, 0.2) is 4.34 Å². The molecule has 0 unspecified atom stereocenters. The van der Waals surface area contributed by atoms with Crippen LogP contribution in [0.3, 0.4) is 0 Å². The number of halogens is 1. The monoisotopic (exact) mass is 223 g/mol. The summed E-state index contributed by atoms with van der Waals surface area (Å²) in [7, 11) is 0. The lowest BCUT2D eigenvalue weighted by Gasteiger charge is -1.93. The van der Waals surface area contributed by atoms with E-state index in [1.54, 1.807) is 0 Å². The molecule has 0 radical (unpaired) electrons. The fraction of sp³-hybridized carbons (Fsp3) is 0.400. The molecule has 1 heterocycles. The number of amides is 1. The SMILES string of the molecule is CSc1nc(NC(=O)CCl)ns1. The normalized spacial score (nSPS) is 9.83. The van der Waals surface area contributed by atoms with Gasteiger partial charge < -0.3 is 0 Å². The molecular formula is C5H6ClN3OS2. The Labute approximate surface area is 82.9 Å². The van der Waals surface area contributed by atoms with Gasteiger partial charge in [-0.15, -0.1) is 11.6 Å². The number of hydrogen-bond acceptors (Lipinski definition) is 5. The van der Waals surface area contributed by atoms with Crippen LogP contribution in [0.4, 0.5) is 5.95 Å². The minimum Gasteiger partial charge on any atom is -0.293 e. The van der Waals surface area contributed by atoms with Gasteiger partial charge in [-0.05, 0) is 17.8 Å². The molecule has 0 aliphatic rings. The minimum atomic E-state index is -0.290. The Balaban J connectivity index is 2.58. The number of aromatic nitrogens is 2. The number of anilines is 1. The number of rotatable bonds is 3. The molecule has 0 fully saturated rings. The highest BCUT2D eigenvalue weighted by Crippen LogP contribution is 2.18. The van der Waals surface area contributed by atoms with E-state index < -0.39 is 0 Å². The molecule has 1 aromatic heterocycles. The fourth-order valence-corrected chi connectivity index (χ4v) is 1.53. The summed E-state index contributed by atoms with van der Waals surface area (Å²) in [5.41, 5.74) is 0. The van der Waals surface area contributed by atoms with E-state index >= 15 is 0 Å². The van der Waals surface area contributed by atoms with Crippen molar-refractivity contribution in [1.82, 2.24) is 9.36 Å². The third-order valence-corrected chi connectivity index (χ3v) is 2.87. The minimum absolute atomic E-state index is 0.0756. The first-order valence-corrected chi connectivity index (χ1v) is 5.53. The van der Waals surface area contributed by atoms with Crippen LogP contribution < -0.4 is 5.32 Å². The van der Waals surface area contributed by atoms with E-state index in [9.17, 15) is 4.79 Å². The highest BCUT2D eigenvalue weighted by Gasteiger charge is 2.05. The van der Waals surface area contributed by atoms with Gasteiger partial charge in [-0.3, -0.25) is 10.1 Å². The Bertz CT molecular complexity index is 277. The summed E-state index contributed by atoms with van der Waals surface area (Å²) in [6.45, 7) is 0. The molecule has 66 valence electrons. The maximum Gasteiger partial charge on any atom is 0.242 e. The van der Waals surface area contributed by atoms with Crippen LogP contribution >= 0.6 is 34.9 Å². The molecule has 7 heteroatoms. The molecule has 0 spiro atoms. The molecule has 12 heavy (non-hydrogen) atoms. The summed E-state index contributed by atoms with van der Waals surface area (Å²) in [6.07, 6.45) is 1.90. The quantitative estimate of drug-likeness (QED) is 0.622. The van der Waals surface area contributed by atoms with E-state index in [0.29, 0.717) is 5.95 Å². The average Bonchev–Trinajstić information content (AvgIpc) is 2.52. The van der Waals surface area contributed by atoms with Crippen molar-refractivity contribution in [1.29, 1.82) is 0 Å². The van der Waals surface area contributed by atoms with Crippen molar-refractivity contribution in [3.63, 3.8) is 0 Å². The highest BCUT2D eigenvalue weighted by atomic mass is 35.5. The van der Waals surface area contributed by atoms with E-state index in [4.69, 9.17) is 11.6 Å². The molecule has 0 aromatic carbocycles. The van der Waals surface area contributed by atoms with Crippen LogP contribution in [-0.2, 0) is 4.79 Å². The zero-order valence-corrected chi connectivity index (χ0v) is 8.59. The maximum atomic E-state index is 10.8. The van der Waals surface area contributed by atoms with Gasteiger partial charge >= 0.3 is 0 Å². The third-order valence-electron chi connectivity index (χ3n) is 0.955. The van der Waals surface area contributed by atoms with Crippen molar-refractivity contribution in [2.75, 3.05) is 17.5 Å². The lowest BCUT2D eigenvalue weighted by molar-refractivity contribution is -0.114. The molecule has 0 bridgehead atoms. The smallest absolute Gasteiger partial charge is 0.242 e. The molecule has 0 aliphatic heterocycles. The largest absolute Gasteiger partial charge is 0.293 e. The Hall–Kier alpha value is -0.330. The van der Waals surface area contributed by atoms with Crippen molar-refractivity contribution in [3.8, 4) is 0 Å². The summed E-state index contributed by atoms with van der Waals surface area (Å²) in [4.78, 5) is 14.8. The lowest BCUT2D eigenvalue weighted by Crippen LogP contribution is -2.13. The number of nitrogens with zero attached hydrogens (tertiary/aromatic N) is 2. The zero-order chi connectivity index (χ0) is 8.97. The van der Waals surface area contributed by atoms with E-state index in [2.05, 4.69) is 14.7 Å².